The molecular formula is C24H28N6O3. The number of hydrogen-bond donors (Lipinski definition) is 0. The van der Waals surface area contributed by atoms with Crippen LogP contribution in [0.1, 0.15) is 27.9 Å². The molecule has 4 rings (SSSR count). The molecule has 0 N–H and O–H groups in total. The molecule has 9 nitrogen and oxygen atoms in total. The van der Waals surface area contributed by atoms with E-state index in [0.717, 1.165) is 45.0 Å². The molecule has 0 amide bonds. The topological polar surface area (TPSA) is 89.0 Å². The van der Waals surface area contributed by atoms with Gasteiger partial charge in [0.25, 0.3) is 0 Å². The van der Waals surface area contributed by atoms with E-state index in [9.17, 15) is 4.79 Å². The van der Waals surface area contributed by atoms with Gasteiger partial charge in [0.1, 0.15) is 19.1 Å². The third-order valence-corrected chi connectivity index (χ3v) is 5.91. The minimum Gasteiger partial charge on any atom is -0.489 e. The molecule has 4 aromatic rings. The monoisotopic (exact) mass is 448 g/mol. The van der Waals surface area contributed by atoms with Crippen LogP contribution in [0.15, 0.2) is 41.2 Å². The Morgan fingerprint density at radius 1 is 1.00 bits per heavy atom. The van der Waals surface area contributed by atoms with E-state index in [-0.39, 0.29) is 5.69 Å². The van der Waals surface area contributed by atoms with Crippen molar-refractivity contribution in [1.82, 2.24) is 29.6 Å². The maximum atomic E-state index is 12.4. The van der Waals surface area contributed by atoms with E-state index in [0.29, 0.717) is 19.0 Å². The largest absolute Gasteiger partial charge is 0.489 e. The molecule has 0 aliphatic heterocycles. The lowest BCUT2D eigenvalue weighted by Crippen LogP contribution is -2.23. The van der Waals surface area contributed by atoms with Gasteiger partial charge < -0.3 is 9.47 Å². The highest BCUT2D eigenvalue weighted by Gasteiger charge is 2.16. The molecule has 2 heterocycles. The first kappa shape index (κ1) is 22.5. The fourth-order valence-electron chi connectivity index (χ4n) is 3.80. The minimum atomic E-state index is -0.305. The maximum Gasteiger partial charge on any atom is 0.368 e. The Morgan fingerprint density at radius 3 is 2.45 bits per heavy atom. The van der Waals surface area contributed by atoms with Gasteiger partial charge in [0.05, 0.1) is 11.4 Å². The molecule has 0 aliphatic rings. The summed E-state index contributed by atoms with van der Waals surface area (Å²) in [6.07, 6.45) is 0. The van der Waals surface area contributed by atoms with Crippen LogP contribution in [0, 0.1) is 27.7 Å². The second kappa shape index (κ2) is 9.03. The molecule has 0 saturated heterocycles. The van der Waals surface area contributed by atoms with Crippen LogP contribution in [0.5, 0.6) is 5.75 Å². The predicted octanol–water partition coefficient (Wildman–Crippen LogP) is 3.25. The Morgan fingerprint density at radius 2 is 1.79 bits per heavy atom. The first-order chi connectivity index (χ1) is 15.8. The van der Waals surface area contributed by atoms with Crippen molar-refractivity contribution in [1.29, 1.82) is 0 Å². The van der Waals surface area contributed by atoms with Crippen molar-refractivity contribution in [2.75, 3.05) is 7.11 Å². The molecule has 0 spiro atoms. The van der Waals surface area contributed by atoms with Crippen LogP contribution < -0.4 is 10.4 Å². The lowest BCUT2D eigenvalue weighted by Gasteiger charge is -2.14. The van der Waals surface area contributed by atoms with Gasteiger partial charge >= 0.3 is 5.69 Å². The number of methoxy groups -OCH3 is 1. The Hall–Kier alpha value is -3.72. The van der Waals surface area contributed by atoms with E-state index in [1.165, 1.54) is 9.36 Å². The zero-order valence-electron chi connectivity index (χ0n) is 19.8. The third kappa shape index (κ3) is 4.19. The molecule has 0 fully saturated rings. The normalized spacial score (nSPS) is 11.2. The van der Waals surface area contributed by atoms with Gasteiger partial charge in [-0.3, -0.25) is 0 Å². The number of aryl methyl sites for hydroxylation is 3. The maximum absolute atomic E-state index is 12.4. The van der Waals surface area contributed by atoms with Gasteiger partial charge in [0, 0.05) is 31.0 Å². The third-order valence-electron chi connectivity index (χ3n) is 5.91. The van der Waals surface area contributed by atoms with E-state index in [1.807, 2.05) is 55.8 Å². The van der Waals surface area contributed by atoms with E-state index >= 15 is 0 Å². The van der Waals surface area contributed by atoms with Crippen LogP contribution in [0.2, 0.25) is 0 Å². The lowest BCUT2D eigenvalue weighted by atomic mass is 10.0. The predicted molar refractivity (Wildman–Crippen MR) is 125 cm³/mol. The van der Waals surface area contributed by atoms with E-state index < -0.39 is 0 Å². The van der Waals surface area contributed by atoms with Gasteiger partial charge in [0.2, 0.25) is 0 Å². The van der Waals surface area contributed by atoms with Crippen LogP contribution in [0.4, 0.5) is 0 Å². The van der Waals surface area contributed by atoms with Crippen LogP contribution in [0.3, 0.4) is 0 Å². The fraction of sp³-hybridized carbons (Fsp3) is 0.333. The average molecular weight is 449 g/mol. The summed E-state index contributed by atoms with van der Waals surface area (Å²) < 4.78 is 15.8. The summed E-state index contributed by atoms with van der Waals surface area (Å²) in [5, 5.41) is 12.5. The van der Waals surface area contributed by atoms with E-state index in [2.05, 4.69) is 23.4 Å². The Labute approximate surface area is 192 Å². The molecule has 0 bridgehead atoms. The molecule has 0 aliphatic carbocycles. The average Bonchev–Trinajstić information content (AvgIpc) is 3.27. The summed E-state index contributed by atoms with van der Waals surface area (Å²) in [7, 11) is 3.23. The highest BCUT2D eigenvalue weighted by Crippen LogP contribution is 2.30. The molecule has 9 heteroatoms. The van der Waals surface area contributed by atoms with Crippen molar-refractivity contribution in [2.45, 2.75) is 41.0 Å². The van der Waals surface area contributed by atoms with Crippen molar-refractivity contribution in [3.05, 3.63) is 74.8 Å². The number of benzene rings is 2. The number of tetrazole rings is 1. The van der Waals surface area contributed by atoms with Crippen molar-refractivity contribution >= 4 is 0 Å². The van der Waals surface area contributed by atoms with Crippen molar-refractivity contribution in [3.8, 4) is 22.7 Å². The number of ether oxygens (including phenoxy) is 2. The standard InChI is InChI=1S/C24H28N6O3/c1-15-8-7-9-21(30-24(31)28(5)26-27-30)20(15)13-33-22-11-10-19(12-16(22)2)23-17(3)18(4)29(25-23)14-32-6/h7-12H,13-14H2,1-6H3. The smallest absolute Gasteiger partial charge is 0.368 e. The first-order valence-electron chi connectivity index (χ1n) is 10.7. The summed E-state index contributed by atoms with van der Waals surface area (Å²) >= 11 is 0. The van der Waals surface area contributed by atoms with E-state index in [1.54, 1.807) is 14.2 Å². The van der Waals surface area contributed by atoms with Gasteiger partial charge in [-0.2, -0.15) is 14.5 Å². The van der Waals surface area contributed by atoms with Gasteiger partial charge in [-0.1, -0.05) is 12.1 Å². The second-order valence-electron chi connectivity index (χ2n) is 8.11. The van der Waals surface area contributed by atoms with Crippen molar-refractivity contribution < 1.29 is 9.47 Å². The number of aromatic nitrogens is 6. The summed E-state index contributed by atoms with van der Waals surface area (Å²) in [5.74, 6) is 0.769. The molecule has 33 heavy (non-hydrogen) atoms. The zero-order chi connectivity index (χ0) is 23.7. The van der Waals surface area contributed by atoms with Gasteiger partial charge in [-0.15, -0.1) is 0 Å². The van der Waals surface area contributed by atoms with Crippen LogP contribution in [0.25, 0.3) is 16.9 Å². The molecule has 0 saturated carbocycles. The number of rotatable bonds is 7. The number of nitrogens with zero attached hydrogens (tertiary/aromatic N) is 6. The first-order valence-corrected chi connectivity index (χ1v) is 10.7. The van der Waals surface area contributed by atoms with Crippen LogP contribution >= 0.6 is 0 Å². The Bertz CT molecular complexity index is 1370. The SMILES string of the molecule is COCn1nc(-c2ccc(OCc3c(C)cccc3-n3nnn(C)c3=O)c(C)c2)c(C)c1C. The lowest BCUT2D eigenvalue weighted by molar-refractivity contribution is 0.119. The molecule has 0 atom stereocenters. The van der Waals surface area contributed by atoms with Gasteiger partial charge in [0.15, 0.2) is 0 Å². The highest BCUT2D eigenvalue weighted by molar-refractivity contribution is 5.66. The molecule has 0 unspecified atom stereocenters. The minimum absolute atomic E-state index is 0.297. The van der Waals surface area contributed by atoms with Gasteiger partial charge in [-0.05, 0) is 79.1 Å². The molecule has 172 valence electrons. The summed E-state index contributed by atoms with van der Waals surface area (Å²) in [6.45, 7) is 8.82. The summed E-state index contributed by atoms with van der Waals surface area (Å²) in [6, 6.07) is 11.8. The summed E-state index contributed by atoms with van der Waals surface area (Å²) in [5.41, 5.74) is 7.41. The van der Waals surface area contributed by atoms with E-state index in [4.69, 9.17) is 14.6 Å². The van der Waals surface area contributed by atoms with Crippen LogP contribution in [-0.4, -0.2) is 36.7 Å². The molecular weight excluding hydrogens is 420 g/mol. The molecule has 2 aromatic heterocycles. The quantitative estimate of drug-likeness (QED) is 0.431. The van der Waals surface area contributed by atoms with Crippen LogP contribution in [-0.2, 0) is 25.1 Å². The van der Waals surface area contributed by atoms with Gasteiger partial charge in [-0.25, -0.2) is 9.48 Å². The zero-order valence-corrected chi connectivity index (χ0v) is 19.8. The van der Waals surface area contributed by atoms with Crippen molar-refractivity contribution in [3.63, 3.8) is 0 Å². The molecule has 0 radical (unpaired) electrons. The highest BCUT2D eigenvalue weighted by atomic mass is 16.5. The molecule has 2 aromatic carbocycles. The Kier molecular flexibility index (Phi) is 6.15. The Balaban J connectivity index is 1.61. The number of hydrogen-bond acceptors (Lipinski definition) is 6. The second-order valence-corrected chi connectivity index (χ2v) is 8.11. The fourth-order valence-corrected chi connectivity index (χ4v) is 3.80. The summed E-state index contributed by atoms with van der Waals surface area (Å²) in [4.78, 5) is 12.4. The van der Waals surface area contributed by atoms with Crippen molar-refractivity contribution in [2.24, 2.45) is 7.05 Å².